The molecule has 0 aromatic heterocycles. The lowest BCUT2D eigenvalue weighted by molar-refractivity contribution is 0.0951. The standard InChI is InChI=1S/C21H18ClFN2O3/c1-12-16(22)3-2-4-17(12)25-18-7-6-14(23)10-15(18)21(28)24-11-13-5-8-19(26)20(27)9-13/h2-10,25-27H,11H2,1H3,(H,24,28). The Kier molecular flexibility index (Phi) is 5.70. The number of phenolic OH excluding ortho intramolecular Hbond substituents is 2. The van der Waals surface area contributed by atoms with Crippen LogP contribution in [0.15, 0.2) is 54.6 Å². The molecule has 4 N–H and O–H groups in total. The molecule has 3 aromatic carbocycles. The molecule has 0 saturated heterocycles. The first kappa shape index (κ1) is 19.5. The summed E-state index contributed by atoms with van der Waals surface area (Å²) in [6, 6.07) is 13.5. The van der Waals surface area contributed by atoms with Crippen LogP contribution >= 0.6 is 11.6 Å². The lowest BCUT2D eigenvalue weighted by Gasteiger charge is -2.15. The molecular formula is C21H18ClFN2O3. The first-order valence-corrected chi connectivity index (χ1v) is 8.83. The van der Waals surface area contributed by atoms with Gasteiger partial charge in [-0.25, -0.2) is 4.39 Å². The smallest absolute Gasteiger partial charge is 0.253 e. The minimum Gasteiger partial charge on any atom is -0.504 e. The Balaban J connectivity index is 1.82. The van der Waals surface area contributed by atoms with Gasteiger partial charge in [-0.05, 0) is 60.5 Å². The third kappa shape index (κ3) is 4.35. The lowest BCUT2D eigenvalue weighted by Crippen LogP contribution is -2.23. The Morgan fingerprint density at radius 1 is 1.04 bits per heavy atom. The Bertz CT molecular complexity index is 1040. The topological polar surface area (TPSA) is 81.6 Å². The summed E-state index contributed by atoms with van der Waals surface area (Å²) >= 11 is 6.13. The third-order valence-electron chi connectivity index (χ3n) is 4.26. The number of hydrogen-bond acceptors (Lipinski definition) is 4. The average molecular weight is 401 g/mol. The largest absolute Gasteiger partial charge is 0.504 e. The molecule has 0 saturated carbocycles. The van der Waals surface area contributed by atoms with E-state index in [2.05, 4.69) is 10.6 Å². The Labute approximate surface area is 166 Å². The molecule has 5 nitrogen and oxygen atoms in total. The van der Waals surface area contributed by atoms with Crippen molar-refractivity contribution in [3.63, 3.8) is 0 Å². The maximum atomic E-state index is 13.8. The van der Waals surface area contributed by atoms with Gasteiger partial charge in [-0.1, -0.05) is 23.7 Å². The van der Waals surface area contributed by atoms with Crippen LogP contribution in [0.1, 0.15) is 21.5 Å². The van der Waals surface area contributed by atoms with Crippen LogP contribution in [0, 0.1) is 12.7 Å². The van der Waals surface area contributed by atoms with E-state index in [0.717, 1.165) is 11.6 Å². The number of aromatic hydroxyl groups is 2. The van der Waals surface area contributed by atoms with Crippen molar-refractivity contribution in [1.29, 1.82) is 0 Å². The number of carbonyl (C=O) groups is 1. The van der Waals surface area contributed by atoms with Gasteiger partial charge >= 0.3 is 0 Å². The molecule has 0 aliphatic carbocycles. The second kappa shape index (κ2) is 8.19. The maximum Gasteiger partial charge on any atom is 0.253 e. The molecule has 0 unspecified atom stereocenters. The van der Waals surface area contributed by atoms with Crippen LogP contribution in [0.25, 0.3) is 0 Å². The van der Waals surface area contributed by atoms with Crippen molar-refractivity contribution in [3.8, 4) is 11.5 Å². The van der Waals surface area contributed by atoms with Crippen molar-refractivity contribution in [3.05, 3.63) is 82.1 Å². The lowest BCUT2D eigenvalue weighted by atomic mass is 10.1. The van der Waals surface area contributed by atoms with Gasteiger partial charge in [0.25, 0.3) is 5.91 Å². The summed E-state index contributed by atoms with van der Waals surface area (Å²) in [6.07, 6.45) is 0. The number of phenols is 2. The van der Waals surface area contributed by atoms with Crippen LogP contribution in [0.4, 0.5) is 15.8 Å². The molecule has 0 bridgehead atoms. The zero-order valence-corrected chi connectivity index (χ0v) is 15.7. The molecule has 144 valence electrons. The molecule has 0 aliphatic rings. The van der Waals surface area contributed by atoms with Gasteiger partial charge in [0.2, 0.25) is 0 Å². The van der Waals surface area contributed by atoms with E-state index in [1.807, 2.05) is 13.0 Å². The number of carbonyl (C=O) groups excluding carboxylic acids is 1. The molecular weight excluding hydrogens is 383 g/mol. The summed E-state index contributed by atoms with van der Waals surface area (Å²) in [5.74, 6) is -1.56. The second-order valence-electron chi connectivity index (χ2n) is 6.23. The summed E-state index contributed by atoms with van der Waals surface area (Å²) in [5.41, 5.74) is 2.65. The van der Waals surface area contributed by atoms with Crippen molar-refractivity contribution >= 4 is 28.9 Å². The highest BCUT2D eigenvalue weighted by Crippen LogP contribution is 2.28. The van der Waals surface area contributed by atoms with E-state index < -0.39 is 11.7 Å². The summed E-state index contributed by atoms with van der Waals surface area (Å²) in [4.78, 5) is 12.6. The van der Waals surface area contributed by atoms with Gasteiger partial charge in [0, 0.05) is 17.3 Å². The first-order valence-electron chi connectivity index (χ1n) is 8.46. The van der Waals surface area contributed by atoms with E-state index in [0.29, 0.717) is 22.0 Å². The zero-order valence-electron chi connectivity index (χ0n) is 15.0. The quantitative estimate of drug-likeness (QED) is 0.460. The summed E-state index contributed by atoms with van der Waals surface area (Å²) < 4.78 is 13.8. The molecule has 0 fully saturated rings. The number of rotatable bonds is 5. The number of halogens is 2. The van der Waals surface area contributed by atoms with Gasteiger partial charge in [-0.15, -0.1) is 0 Å². The highest BCUT2D eigenvalue weighted by atomic mass is 35.5. The molecule has 3 rings (SSSR count). The van der Waals surface area contributed by atoms with Gasteiger partial charge in [0.15, 0.2) is 11.5 Å². The van der Waals surface area contributed by atoms with Crippen molar-refractivity contribution in [2.24, 2.45) is 0 Å². The van der Waals surface area contributed by atoms with Crippen LogP contribution in [-0.4, -0.2) is 16.1 Å². The maximum absolute atomic E-state index is 13.8. The number of benzene rings is 3. The monoisotopic (exact) mass is 400 g/mol. The summed E-state index contributed by atoms with van der Waals surface area (Å²) in [7, 11) is 0. The predicted octanol–water partition coefficient (Wildman–Crippen LogP) is 4.87. The van der Waals surface area contributed by atoms with E-state index in [-0.39, 0.29) is 23.6 Å². The van der Waals surface area contributed by atoms with Crippen molar-refractivity contribution in [2.45, 2.75) is 13.5 Å². The molecule has 0 spiro atoms. The number of anilines is 2. The third-order valence-corrected chi connectivity index (χ3v) is 4.67. The molecule has 7 heteroatoms. The van der Waals surface area contributed by atoms with Crippen molar-refractivity contribution < 1.29 is 19.4 Å². The van der Waals surface area contributed by atoms with E-state index in [1.54, 1.807) is 18.2 Å². The highest BCUT2D eigenvalue weighted by Gasteiger charge is 2.14. The van der Waals surface area contributed by atoms with Crippen LogP contribution in [-0.2, 0) is 6.54 Å². The Morgan fingerprint density at radius 3 is 2.57 bits per heavy atom. The zero-order chi connectivity index (χ0) is 20.3. The fraction of sp³-hybridized carbons (Fsp3) is 0.0952. The Morgan fingerprint density at radius 2 is 1.82 bits per heavy atom. The highest BCUT2D eigenvalue weighted by molar-refractivity contribution is 6.31. The van der Waals surface area contributed by atoms with E-state index in [9.17, 15) is 19.4 Å². The van der Waals surface area contributed by atoms with Crippen LogP contribution in [0.5, 0.6) is 11.5 Å². The summed E-state index contributed by atoms with van der Waals surface area (Å²) in [6.45, 7) is 1.93. The molecule has 3 aromatic rings. The number of nitrogens with one attached hydrogen (secondary N) is 2. The van der Waals surface area contributed by atoms with Gasteiger partial charge in [0.1, 0.15) is 5.82 Å². The Hall–Kier alpha value is -3.25. The number of amides is 1. The van der Waals surface area contributed by atoms with Gasteiger partial charge in [-0.3, -0.25) is 4.79 Å². The van der Waals surface area contributed by atoms with Crippen molar-refractivity contribution in [2.75, 3.05) is 5.32 Å². The van der Waals surface area contributed by atoms with Crippen molar-refractivity contribution in [1.82, 2.24) is 5.32 Å². The SMILES string of the molecule is Cc1c(Cl)cccc1Nc1ccc(F)cc1C(=O)NCc1ccc(O)c(O)c1. The van der Waals surface area contributed by atoms with E-state index >= 15 is 0 Å². The molecule has 28 heavy (non-hydrogen) atoms. The molecule has 0 atom stereocenters. The molecule has 0 radical (unpaired) electrons. The molecule has 0 heterocycles. The fourth-order valence-electron chi connectivity index (χ4n) is 2.66. The number of hydrogen-bond donors (Lipinski definition) is 4. The van der Waals surface area contributed by atoms with Gasteiger partial charge in [0.05, 0.1) is 11.3 Å². The minimum absolute atomic E-state index is 0.0961. The average Bonchev–Trinajstić information content (AvgIpc) is 2.67. The van der Waals surface area contributed by atoms with E-state index in [1.165, 1.54) is 24.3 Å². The minimum atomic E-state index is -0.541. The summed E-state index contributed by atoms with van der Waals surface area (Å²) in [5, 5.41) is 25.3. The second-order valence-corrected chi connectivity index (χ2v) is 6.64. The van der Waals surface area contributed by atoms with Crippen LogP contribution in [0.3, 0.4) is 0 Å². The van der Waals surface area contributed by atoms with Crippen LogP contribution < -0.4 is 10.6 Å². The van der Waals surface area contributed by atoms with Gasteiger partial charge in [-0.2, -0.15) is 0 Å². The predicted molar refractivity (Wildman–Crippen MR) is 107 cm³/mol. The fourth-order valence-corrected chi connectivity index (χ4v) is 2.83. The first-order chi connectivity index (χ1) is 13.3. The van der Waals surface area contributed by atoms with E-state index in [4.69, 9.17) is 11.6 Å². The normalized spacial score (nSPS) is 10.5. The molecule has 0 aliphatic heterocycles. The van der Waals surface area contributed by atoms with Crippen LogP contribution in [0.2, 0.25) is 5.02 Å². The van der Waals surface area contributed by atoms with Gasteiger partial charge < -0.3 is 20.8 Å². The molecule has 1 amide bonds.